The van der Waals surface area contributed by atoms with Crippen LogP contribution in [0.4, 0.5) is 10.2 Å². The third-order valence-electron chi connectivity index (χ3n) is 1.61. The molecule has 1 heterocycles. The Morgan fingerprint density at radius 2 is 2.38 bits per heavy atom. The summed E-state index contributed by atoms with van der Waals surface area (Å²) in [7, 11) is 1.62. The summed E-state index contributed by atoms with van der Waals surface area (Å²) in [5, 5.41) is 2.92. The maximum absolute atomic E-state index is 12.6. The zero-order valence-corrected chi connectivity index (χ0v) is 7.62. The Balaban J connectivity index is 2.45. The van der Waals surface area contributed by atoms with Crippen LogP contribution in [0.3, 0.4) is 0 Å². The van der Waals surface area contributed by atoms with Crippen molar-refractivity contribution in [2.75, 3.05) is 19.0 Å². The maximum atomic E-state index is 12.6. The third kappa shape index (κ3) is 3.33. The number of nitrogens with one attached hydrogen (secondary N) is 1. The molecule has 0 aliphatic rings. The van der Waals surface area contributed by atoms with E-state index in [0.717, 1.165) is 0 Å². The van der Waals surface area contributed by atoms with Gasteiger partial charge in [-0.3, -0.25) is 0 Å². The van der Waals surface area contributed by atoms with Crippen LogP contribution >= 0.6 is 0 Å². The largest absolute Gasteiger partial charge is 0.380 e. The minimum atomic E-state index is -0.539. The normalized spacial score (nSPS) is 12.5. The summed E-state index contributed by atoms with van der Waals surface area (Å²) in [6.07, 6.45) is 1.24. The number of hydrogen-bond donors (Lipinski definition) is 1. The lowest BCUT2D eigenvalue weighted by molar-refractivity contribution is 0.128. The molecule has 0 aliphatic carbocycles. The van der Waals surface area contributed by atoms with Crippen LogP contribution in [-0.4, -0.2) is 29.7 Å². The Morgan fingerprint density at radius 3 is 3.00 bits per heavy atom. The fourth-order valence-electron chi connectivity index (χ4n) is 0.762. The highest BCUT2D eigenvalue weighted by Gasteiger charge is 2.00. The van der Waals surface area contributed by atoms with Gasteiger partial charge in [-0.1, -0.05) is 0 Å². The molecule has 1 aromatic heterocycles. The fraction of sp³-hybridized carbons (Fsp3) is 0.500. The van der Waals surface area contributed by atoms with Gasteiger partial charge in [-0.15, -0.1) is 0 Å². The number of aromatic nitrogens is 2. The van der Waals surface area contributed by atoms with Crippen molar-refractivity contribution in [1.82, 2.24) is 9.97 Å². The van der Waals surface area contributed by atoms with Gasteiger partial charge in [0.1, 0.15) is 12.1 Å². The van der Waals surface area contributed by atoms with Crippen LogP contribution in [-0.2, 0) is 4.74 Å². The molecular weight excluding hydrogens is 173 g/mol. The molecule has 0 spiro atoms. The molecule has 1 aromatic rings. The van der Waals surface area contributed by atoms with Gasteiger partial charge in [0.15, 0.2) is 0 Å². The first-order valence-electron chi connectivity index (χ1n) is 3.96. The lowest BCUT2D eigenvalue weighted by Gasteiger charge is -2.10. The number of methoxy groups -OCH3 is 1. The topological polar surface area (TPSA) is 47.0 Å². The minimum absolute atomic E-state index is 0.0676. The first-order chi connectivity index (χ1) is 6.22. The van der Waals surface area contributed by atoms with Crippen LogP contribution in [0.5, 0.6) is 0 Å². The van der Waals surface area contributed by atoms with Gasteiger partial charge in [0, 0.05) is 19.7 Å². The predicted molar refractivity (Wildman–Crippen MR) is 47.0 cm³/mol. The Kier molecular flexibility index (Phi) is 3.57. The standard InChI is InChI=1S/C8H12FN3O/c1-6(13-2)4-10-8-3-7(9)11-5-12-8/h3,5-6H,4H2,1-2H3,(H,10,11,12). The van der Waals surface area contributed by atoms with Crippen molar-refractivity contribution in [1.29, 1.82) is 0 Å². The second-order valence-corrected chi connectivity index (χ2v) is 2.65. The van der Waals surface area contributed by atoms with Crippen molar-refractivity contribution < 1.29 is 9.13 Å². The van der Waals surface area contributed by atoms with E-state index < -0.39 is 5.95 Å². The van der Waals surface area contributed by atoms with Crippen molar-refractivity contribution in [3.05, 3.63) is 18.3 Å². The summed E-state index contributed by atoms with van der Waals surface area (Å²) >= 11 is 0. The van der Waals surface area contributed by atoms with E-state index in [1.54, 1.807) is 7.11 Å². The van der Waals surface area contributed by atoms with E-state index in [1.807, 2.05) is 6.92 Å². The Hall–Kier alpha value is -1.23. The van der Waals surface area contributed by atoms with Gasteiger partial charge < -0.3 is 10.1 Å². The second-order valence-electron chi connectivity index (χ2n) is 2.65. The van der Waals surface area contributed by atoms with E-state index >= 15 is 0 Å². The predicted octanol–water partition coefficient (Wildman–Crippen LogP) is 1.06. The average Bonchev–Trinajstić information content (AvgIpc) is 2.14. The number of halogens is 1. The molecule has 5 heteroatoms. The summed E-state index contributed by atoms with van der Waals surface area (Å²) < 4.78 is 17.6. The number of hydrogen-bond acceptors (Lipinski definition) is 4. The molecule has 0 saturated heterocycles. The minimum Gasteiger partial charge on any atom is -0.380 e. The molecule has 1 N–H and O–H groups in total. The number of anilines is 1. The van der Waals surface area contributed by atoms with Gasteiger partial charge in [0.25, 0.3) is 0 Å². The van der Waals surface area contributed by atoms with Gasteiger partial charge in [-0.05, 0) is 6.92 Å². The lowest BCUT2D eigenvalue weighted by atomic mass is 10.4. The molecule has 0 aromatic carbocycles. The first kappa shape index (κ1) is 9.85. The number of rotatable bonds is 4. The van der Waals surface area contributed by atoms with E-state index in [0.29, 0.717) is 12.4 Å². The summed E-state index contributed by atoms with van der Waals surface area (Å²) in [6, 6.07) is 1.24. The van der Waals surface area contributed by atoms with Crippen LogP contribution in [0.15, 0.2) is 12.4 Å². The van der Waals surface area contributed by atoms with Crippen LogP contribution in [0, 0.1) is 5.95 Å². The Bertz CT molecular complexity index is 269. The highest BCUT2D eigenvalue weighted by atomic mass is 19.1. The molecule has 72 valence electrons. The lowest BCUT2D eigenvalue weighted by Crippen LogP contribution is -2.18. The van der Waals surface area contributed by atoms with E-state index in [1.165, 1.54) is 12.4 Å². The van der Waals surface area contributed by atoms with E-state index in [2.05, 4.69) is 15.3 Å². The molecule has 0 saturated carbocycles. The molecular formula is C8H12FN3O. The van der Waals surface area contributed by atoms with Crippen molar-refractivity contribution in [3.63, 3.8) is 0 Å². The van der Waals surface area contributed by atoms with Crippen molar-refractivity contribution in [3.8, 4) is 0 Å². The molecule has 13 heavy (non-hydrogen) atoms. The second kappa shape index (κ2) is 4.71. The molecule has 0 aliphatic heterocycles. The molecule has 0 fully saturated rings. The fourth-order valence-corrected chi connectivity index (χ4v) is 0.762. The van der Waals surface area contributed by atoms with Gasteiger partial charge in [0.2, 0.25) is 5.95 Å². The van der Waals surface area contributed by atoms with Crippen molar-refractivity contribution in [2.45, 2.75) is 13.0 Å². The maximum Gasteiger partial charge on any atom is 0.217 e. The summed E-state index contributed by atoms with van der Waals surface area (Å²) in [5.41, 5.74) is 0. The van der Waals surface area contributed by atoms with Crippen LogP contribution in [0.25, 0.3) is 0 Å². The molecule has 0 bridgehead atoms. The van der Waals surface area contributed by atoms with Crippen LogP contribution < -0.4 is 5.32 Å². The summed E-state index contributed by atoms with van der Waals surface area (Å²) in [4.78, 5) is 7.17. The Labute approximate surface area is 76.2 Å². The molecule has 1 unspecified atom stereocenters. The zero-order chi connectivity index (χ0) is 9.68. The van der Waals surface area contributed by atoms with Gasteiger partial charge in [-0.25, -0.2) is 9.97 Å². The average molecular weight is 185 g/mol. The molecule has 1 atom stereocenters. The van der Waals surface area contributed by atoms with E-state index in [-0.39, 0.29) is 6.10 Å². The number of ether oxygens (including phenoxy) is 1. The quantitative estimate of drug-likeness (QED) is 0.712. The first-order valence-corrected chi connectivity index (χ1v) is 3.96. The molecule has 0 amide bonds. The molecule has 0 radical (unpaired) electrons. The Morgan fingerprint density at radius 1 is 1.62 bits per heavy atom. The van der Waals surface area contributed by atoms with E-state index in [9.17, 15) is 4.39 Å². The van der Waals surface area contributed by atoms with Gasteiger partial charge in [-0.2, -0.15) is 4.39 Å². The SMILES string of the molecule is COC(C)CNc1cc(F)ncn1. The summed E-state index contributed by atoms with van der Waals surface area (Å²) in [6.45, 7) is 2.50. The molecule has 4 nitrogen and oxygen atoms in total. The monoisotopic (exact) mass is 185 g/mol. The van der Waals surface area contributed by atoms with Gasteiger partial charge in [0.05, 0.1) is 6.10 Å². The molecule has 1 rings (SSSR count). The number of nitrogens with zero attached hydrogens (tertiary/aromatic N) is 2. The van der Waals surface area contributed by atoms with Gasteiger partial charge >= 0.3 is 0 Å². The van der Waals surface area contributed by atoms with Crippen molar-refractivity contribution >= 4 is 5.82 Å². The zero-order valence-electron chi connectivity index (χ0n) is 7.62. The third-order valence-corrected chi connectivity index (χ3v) is 1.61. The highest BCUT2D eigenvalue weighted by molar-refractivity contribution is 5.31. The smallest absolute Gasteiger partial charge is 0.217 e. The van der Waals surface area contributed by atoms with Crippen molar-refractivity contribution in [2.24, 2.45) is 0 Å². The van der Waals surface area contributed by atoms with Crippen LogP contribution in [0.1, 0.15) is 6.92 Å². The highest BCUT2D eigenvalue weighted by Crippen LogP contribution is 2.02. The summed E-state index contributed by atoms with van der Waals surface area (Å²) in [5.74, 6) is -0.0704. The van der Waals surface area contributed by atoms with E-state index in [4.69, 9.17) is 4.74 Å². The van der Waals surface area contributed by atoms with Crippen LogP contribution in [0.2, 0.25) is 0 Å².